The van der Waals surface area contributed by atoms with Crippen LogP contribution in [0.5, 0.6) is 0 Å². The van der Waals surface area contributed by atoms with Crippen LogP contribution in [0.2, 0.25) is 0 Å². The SMILES string of the molecule is CCC(CC)(C(=O)N1CCCC(OC)C1)C(N)=S. The lowest BCUT2D eigenvalue weighted by Gasteiger charge is -2.39. The van der Waals surface area contributed by atoms with E-state index in [0.29, 0.717) is 24.4 Å². The third-order valence-electron chi connectivity index (χ3n) is 4.09. The number of methoxy groups -OCH3 is 1. The molecule has 1 atom stereocenters. The number of carbonyl (C=O) groups excluding carboxylic acids is 1. The molecule has 0 bridgehead atoms. The molecule has 2 N–H and O–H groups in total. The quantitative estimate of drug-likeness (QED) is 0.774. The van der Waals surface area contributed by atoms with Crippen molar-refractivity contribution in [1.82, 2.24) is 4.90 Å². The predicted molar refractivity (Wildman–Crippen MR) is 76.4 cm³/mol. The van der Waals surface area contributed by atoms with E-state index in [-0.39, 0.29) is 12.0 Å². The summed E-state index contributed by atoms with van der Waals surface area (Å²) < 4.78 is 5.35. The monoisotopic (exact) mass is 272 g/mol. The van der Waals surface area contributed by atoms with E-state index in [0.717, 1.165) is 19.4 Å². The molecule has 1 amide bonds. The number of hydrogen-bond donors (Lipinski definition) is 1. The Morgan fingerprint density at radius 2 is 2.11 bits per heavy atom. The Bertz CT molecular complexity index is 316. The van der Waals surface area contributed by atoms with Crippen LogP contribution in [0.4, 0.5) is 0 Å². The molecule has 0 saturated carbocycles. The first-order chi connectivity index (χ1) is 8.51. The predicted octanol–water partition coefficient (Wildman–Crippen LogP) is 1.72. The summed E-state index contributed by atoms with van der Waals surface area (Å²) in [6, 6.07) is 0. The van der Waals surface area contributed by atoms with Gasteiger partial charge in [0, 0.05) is 20.2 Å². The van der Waals surface area contributed by atoms with E-state index in [4.69, 9.17) is 22.7 Å². The third-order valence-corrected chi connectivity index (χ3v) is 4.48. The van der Waals surface area contributed by atoms with Crippen molar-refractivity contribution in [3.8, 4) is 0 Å². The number of piperidine rings is 1. The van der Waals surface area contributed by atoms with Crippen molar-refractivity contribution < 1.29 is 9.53 Å². The van der Waals surface area contributed by atoms with E-state index in [9.17, 15) is 4.79 Å². The summed E-state index contributed by atoms with van der Waals surface area (Å²) >= 11 is 5.13. The average molecular weight is 272 g/mol. The highest BCUT2D eigenvalue weighted by molar-refractivity contribution is 7.80. The lowest BCUT2D eigenvalue weighted by Crippen LogP contribution is -2.53. The van der Waals surface area contributed by atoms with Crippen LogP contribution in [0.15, 0.2) is 0 Å². The van der Waals surface area contributed by atoms with Crippen LogP contribution in [0.3, 0.4) is 0 Å². The summed E-state index contributed by atoms with van der Waals surface area (Å²) in [6.45, 7) is 5.37. The van der Waals surface area contributed by atoms with Crippen molar-refractivity contribution in [3.05, 3.63) is 0 Å². The molecule has 18 heavy (non-hydrogen) atoms. The van der Waals surface area contributed by atoms with Crippen LogP contribution in [0.25, 0.3) is 0 Å². The first-order valence-corrected chi connectivity index (χ1v) is 7.04. The Balaban J connectivity index is 2.86. The van der Waals surface area contributed by atoms with Gasteiger partial charge in [-0.1, -0.05) is 26.1 Å². The van der Waals surface area contributed by atoms with Crippen LogP contribution >= 0.6 is 12.2 Å². The first kappa shape index (κ1) is 15.4. The zero-order chi connectivity index (χ0) is 13.8. The molecule has 1 rings (SSSR count). The van der Waals surface area contributed by atoms with Gasteiger partial charge in [0.05, 0.1) is 16.5 Å². The number of nitrogens with two attached hydrogens (primary N) is 1. The van der Waals surface area contributed by atoms with Crippen molar-refractivity contribution in [2.45, 2.75) is 45.6 Å². The van der Waals surface area contributed by atoms with Crippen molar-refractivity contribution >= 4 is 23.1 Å². The normalized spacial score (nSPS) is 20.8. The second-order valence-corrected chi connectivity index (χ2v) is 5.34. The minimum atomic E-state index is -0.676. The standard InChI is InChI=1S/C13H24N2O2S/c1-4-13(5-2,11(14)18)12(16)15-8-6-7-10(9-15)17-3/h10H,4-9H2,1-3H3,(H2,14,18). The minimum Gasteiger partial charge on any atom is -0.392 e. The molecule has 0 aromatic heterocycles. The fourth-order valence-corrected chi connectivity index (χ4v) is 3.00. The number of thiocarbonyl (C=S) groups is 1. The summed E-state index contributed by atoms with van der Waals surface area (Å²) in [5.74, 6) is 0.0711. The highest BCUT2D eigenvalue weighted by Crippen LogP contribution is 2.31. The molecule has 1 aliphatic rings. The Morgan fingerprint density at radius 1 is 1.50 bits per heavy atom. The Labute approximate surface area is 115 Å². The highest BCUT2D eigenvalue weighted by atomic mass is 32.1. The largest absolute Gasteiger partial charge is 0.392 e. The Hall–Kier alpha value is -0.680. The first-order valence-electron chi connectivity index (χ1n) is 6.63. The molecular formula is C13H24N2O2S. The average Bonchev–Trinajstić information content (AvgIpc) is 2.40. The van der Waals surface area contributed by atoms with E-state index in [1.807, 2.05) is 18.7 Å². The molecule has 1 unspecified atom stereocenters. The van der Waals surface area contributed by atoms with Crippen molar-refractivity contribution in [2.24, 2.45) is 11.1 Å². The number of carbonyl (C=O) groups is 1. The summed E-state index contributed by atoms with van der Waals surface area (Å²) in [7, 11) is 1.69. The van der Waals surface area contributed by atoms with Crippen molar-refractivity contribution in [3.63, 3.8) is 0 Å². The molecule has 5 heteroatoms. The summed E-state index contributed by atoms with van der Waals surface area (Å²) in [5.41, 5.74) is 5.14. The maximum Gasteiger partial charge on any atom is 0.235 e. The summed E-state index contributed by atoms with van der Waals surface area (Å²) in [4.78, 5) is 14.9. The van der Waals surface area contributed by atoms with E-state index < -0.39 is 5.41 Å². The molecule has 0 aromatic carbocycles. The molecule has 1 fully saturated rings. The second kappa shape index (κ2) is 6.48. The van der Waals surface area contributed by atoms with Crippen molar-refractivity contribution in [1.29, 1.82) is 0 Å². The third kappa shape index (κ3) is 2.83. The van der Waals surface area contributed by atoms with Gasteiger partial charge in [-0.25, -0.2) is 0 Å². The van der Waals surface area contributed by atoms with E-state index >= 15 is 0 Å². The minimum absolute atomic E-state index is 0.0711. The molecule has 104 valence electrons. The smallest absolute Gasteiger partial charge is 0.235 e. The highest BCUT2D eigenvalue weighted by Gasteiger charge is 2.42. The van der Waals surface area contributed by atoms with Crippen LogP contribution < -0.4 is 5.73 Å². The maximum atomic E-state index is 12.7. The van der Waals surface area contributed by atoms with E-state index in [2.05, 4.69) is 0 Å². The van der Waals surface area contributed by atoms with Crippen LogP contribution in [-0.2, 0) is 9.53 Å². The summed E-state index contributed by atoms with van der Waals surface area (Å²) in [5, 5.41) is 0. The number of amides is 1. The zero-order valence-corrected chi connectivity index (χ0v) is 12.4. The summed E-state index contributed by atoms with van der Waals surface area (Å²) in [6.07, 6.45) is 3.45. The Morgan fingerprint density at radius 3 is 2.56 bits per heavy atom. The van der Waals surface area contributed by atoms with Gasteiger partial charge in [-0.05, 0) is 25.7 Å². The Kier molecular flexibility index (Phi) is 5.53. The molecule has 4 nitrogen and oxygen atoms in total. The van der Waals surface area contributed by atoms with Gasteiger partial charge in [-0.2, -0.15) is 0 Å². The lowest BCUT2D eigenvalue weighted by molar-refractivity contribution is -0.142. The van der Waals surface area contributed by atoms with Gasteiger partial charge >= 0.3 is 0 Å². The molecule has 1 heterocycles. The molecule has 0 aromatic rings. The number of ether oxygens (including phenoxy) is 1. The molecule has 0 aliphatic carbocycles. The van der Waals surface area contributed by atoms with Gasteiger partial charge in [0.1, 0.15) is 0 Å². The van der Waals surface area contributed by atoms with Gasteiger partial charge in [0.25, 0.3) is 0 Å². The lowest BCUT2D eigenvalue weighted by atomic mass is 9.80. The number of hydrogen-bond acceptors (Lipinski definition) is 3. The molecular weight excluding hydrogens is 248 g/mol. The van der Waals surface area contributed by atoms with Crippen LogP contribution in [0.1, 0.15) is 39.5 Å². The van der Waals surface area contributed by atoms with Gasteiger partial charge < -0.3 is 15.4 Å². The maximum absolute atomic E-state index is 12.7. The fraction of sp³-hybridized carbons (Fsp3) is 0.846. The fourth-order valence-electron chi connectivity index (χ4n) is 2.62. The zero-order valence-electron chi connectivity index (χ0n) is 11.6. The van der Waals surface area contributed by atoms with Crippen LogP contribution in [0, 0.1) is 5.41 Å². The number of likely N-dealkylation sites (tertiary alicyclic amines) is 1. The van der Waals surface area contributed by atoms with E-state index in [1.54, 1.807) is 7.11 Å². The number of nitrogens with zero attached hydrogens (tertiary/aromatic N) is 1. The number of rotatable bonds is 5. The van der Waals surface area contributed by atoms with E-state index in [1.165, 1.54) is 0 Å². The molecule has 0 spiro atoms. The molecule has 0 radical (unpaired) electrons. The van der Waals surface area contributed by atoms with Gasteiger partial charge in [0.2, 0.25) is 5.91 Å². The van der Waals surface area contributed by atoms with Crippen molar-refractivity contribution in [2.75, 3.05) is 20.2 Å². The van der Waals surface area contributed by atoms with Crippen LogP contribution in [-0.4, -0.2) is 42.1 Å². The van der Waals surface area contributed by atoms with Gasteiger partial charge in [0.15, 0.2) is 0 Å². The molecule has 1 aliphatic heterocycles. The second-order valence-electron chi connectivity index (χ2n) is 4.90. The molecule has 1 saturated heterocycles. The van der Waals surface area contributed by atoms with Gasteiger partial charge in [-0.15, -0.1) is 0 Å². The topological polar surface area (TPSA) is 55.6 Å². The van der Waals surface area contributed by atoms with Gasteiger partial charge in [-0.3, -0.25) is 4.79 Å².